The molecule has 0 aliphatic carbocycles. The SMILES string of the molecule is COc1ccc(/C=N/Nc2nncc(=O)[nH]2)c(OC)c1. The van der Waals surface area contributed by atoms with E-state index in [1.807, 2.05) is 0 Å². The number of rotatable bonds is 5. The number of aromatic nitrogens is 3. The van der Waals surface area contributed by atoms with E-state index in [2.05, 4.69) is 25.7 Å². The molecule has 2 N–H and O–H groups in total. The van der Waals surface area contributed by atoms with Crippen molar-refractivity contribution >= 4 is 12.2 Å². The Bertz CT molecular complexity index is 668. The highest BCUT2D eigenvalue weighted by molar-refractivity contribution is 5.84. The van der Waals surface area contributed by atoms with Gasteiger partial charge in [-0.2, -0.15) is 5.10 Å². The minimum absolute atomic E-state index is 0.154. The highest BCUT2D eigenvalue weighted by Crippen LogP contribution is 2.22. The van der Waals surface area contributed by atoms with E-state index in [1.54, 1.807) is 32.4 Å². The Balaban J connectivity index is 2.13. The van der Waals surface area contributed by atoms with E-state index in [-0.39, 0.29) is 11.5 Å². The number of hydrogen-bond acceptors (Lipinski definition) is 7. The van der Waals surface area contributed by atoms with Gasteiger partial charge in [-0.25, -0.2) is 5.43 Å². The smallest absolute Gasteiger partial charge is 0.271 e. The first-order valence-corrected chi connectivity index (χ1v) is 5.66. The van der Waals surface area contributed by atoms with Crippen LogP contribution >= 0.6 is 0 Å². The van der Waals surface area contributed by atoms with E-state index in [4.69, 9.17) is 9.47 Å². The van der Waals surface area contributed by atoms with Gasteiger partial charge in [-0.3, -0.25) is 9.78 Å². The maximum Gasteiger partial charge on any atom is 0.271 e. The minimum atomic E-state index is -0.361. The van der Waals surface area contributed by atoms with Crippen molar-refractivity contribution in [2.75, 3.05) is 19.6 Å². The zero-order valence-corrected chi connectivity index (χ0v) is 11.0. The Morgan fingerprint density at radius 1 is 1.35 bits per heavy atom. The van der Waals surface area contributed by atoms with Crippen LogP contribution in [-0.4, -0.2) is 35.6 Å². The molecule has 0 aliphatic rings. The molecule has 0 amide bonds. The monoisotopic (exact) mass is 275 g/mol. The van der Waals surface area contributed by atoms with Gasteiger partial charge < -0.3 is 9.47 Å². The van der Waals surface area contributed by atoms with Crippen LogP contribution in [0.5, 0.6) is 11.5 Å². The maximum absolute atomic E-state index is 11.0. The van der Waals surface area contributed by atoms with Gasteiger partial charge in [0.15, 0.2) is 0 Å². The molecule has 1 aromatic carbocycles. The van der Waals surface area contributed by atoms with E-state index in [9.17, 15) is 4.79 Å². The molecule has 2 rings (SSSR count). The number of methoxy groups -OCH3 is 2. The van der Waals surface area contributed by atoms with Gasteiger partial charge in [0.05, 0.1) is 20.4 Å². The van der Waals surface area contributed by atoms with Crippen LogP contribution in [-0.2, 0) is 0 Å². The average molecular weight is 275 g/mol. The van der Waals surface area contributed by atoms with Gasteiger partial charge in [0, 0.05) is 11.6 Å². The number of anilines is 1. The van der Waals surface area contributed by atoms with E-state index in [0.29, 0.717) is 11.5 Å². The van der Waals surface area contributed by atoms with E-state index < -0.39 is 0 Å². The van der Waals surface area contributed by atoms with Crippen molar-refractivity contribution in [2.45, 2.75) is 0 Å². The largest absolute Gasteiger partial charge is 0.497 e. The molecule has 1 aromatic heterocycles. The second-order valence-electron chi connectivity index (χ2n) is 3.66. The van der Waals surface area contributed by atoms with Crippen LogP contribution in [0.15, 0.2) is 34.3 Å². The minimum Gasteiger partial charge on any atom is -0.497 e. The summed E-state index contributed by atoms with van der Waals surface area (Å²) in [5.41, 5.74) is 2.95. The molecule has 0 saturated heterocycles. The molecule has 0 fully saturated rings. The molecule has 20 heavy (non-hydrogen) atoms. The predicted octanol–water partition coefficient (Wildman–Crippen LogP) is 0.628. The van der Waals surface area contributed by atoms with E-state index >= 15 is 0 Å². The van der Waals surface area contributed by atoms with Crippen LogP contribution in [0.4, 0.5) is 5.95 Å². The number of H-pyrrole nitrogens is 1. The summed E-state index contributed by atoms with van der Waals surface area (Å²) >= 11 is 0. The fourth-order valence-electron chi connectivity index (χ4n) is 1.45. The van der Waals surface area contributed by atoms with E-state index in [0.717, 1.165) is 11.8 Å². The summed E-state index contributed by atoms with van der Waals surface area (Å²) in [4.78, 5) is 13.4. The van der Waals surface area contributed by atoms with Crippen LogP contribution in [0.2, 0.25) is 0 Å². The fraction of sp³-hybridized carbons (Fsp3) is 0.167. The molecule has 1 heterocycles. The summed E-state index contributed by atoms with van der Waals surface area (Å²) in [5, 5.41) is 11.1. The van der Waals surface area contributed by atoms with Crippen LogP contribution in [0.25, 0.3) is 0 Å². The summed E-state index contributed by atoms with van der Waals surface area (Å²) in [7, 11) is 3.13. The number of ether oxygens (including phenoxy) is 2. The van der Waals surface area contributed by atoms with Crippen molar-refractivity contribution in [1.29, 1.82) is 0 Å². The third-order valence-corrected chi connectivity index (χ3v) is 2.39. The molecule has 2 aromatic rings. The third-order valence-electron chi connectivity index (χ3n) is 2.39. The first-order chi connectivity index (χ1) is 9.72. The summed E-state index contributed by atoms with van der Waals surface area (Å²) < 4.78 is 10.3. The predicted molar refractivity (Wildman–Crippen MR) is 73.4 cm³/mol. The van der Waals surface area contributed by atoms with Crippen molar-refractivity contribution < 1.29 is 9.47 Å². The molecule has 8 nitrogen and oxygen atoms in total. The summed E-state index contributed by atoms with van der Waals surface area (Å²) in [6.45, 7) is 0. The van der Waals surface area contributed by atoms with Crippen molar-refractivity contribution in [1.82, 2.24) is 15.2 Å². The number of benzene rings is 1. The van der Waals surface area contributed by atoms with Gasteiger partial charge in [-0.05, 0) is 12.1 Å². The molecule has 0 aliphatic heterocycles. The van der Waals surface area contributed by atoms with Crippen molar-refractivity contribution in [2.24, 2.45) is 5.10 Å². The van der Waals surface area contributed by atoms with Crippen molar-refractivity contribution in [3.63, 3.8) is 0 Å². The Morgan fingerprint density at radius 2 is 2.20 bits per heavy atom. The standard InChI is InChI=1S/C12H13N5O3/c1-19-9-4-3-8(10(5-9)20-2)6-13-16-12-15-11(18)7-14-17-12/h3-7H,1-2H3,(H2,15,16,17,18)/b13-6+. The lowest BCUT2D eigenvalue weighted by Gasteiger charge is -2.06. The molecule has 8 heteroatoms. The summed E-state index contributed by atoms with van der Waals surface area (Å²) in [6.07, 6.45) is 2.60. The van der Waals surface area contributed by atoms with Crippen LogP contribution in [0, 0.1) is 0 Å². The van der Waals surface area contributed by atoms with Gasteiger partial charge in [0.2, 0.25) is 5.95 Å². The van der Waals surface area contributed by atoms with Crippen LogP contribution < -0.4 is 20.5 Å². The Hall–Kier alpha value is -2.90. The van der Waals surface area contributed by atoms with Crippen molar-refractivity contribution in [3.8, 4) is 11.5 Å². The lowest BCUT2D eigenvalue weighted by Crippen LogP contribution is -2.10. The van der Waals surface area contributed by atoms with E-state index in [1.165, 1.54) is 6.21 Å². The molecule has 0 radical (unpaired) electrons. The molecule has 0 spiro atoms. The Labute approximate surface area is 114 Å². The zero-order valence-electron chi connectivity index (χ0n) is 11.0. The summed E-state index contributed by atoms with van der Waals surface area (Å²) in [6, 6.07) is 5.32. The number of nitrogens with zero attached hydrogens (tertiary/aromatic N) is 3. The van der Waals surface area contributed by atoms with Crippen LogP contribution in [0.1, 0.15) is 5.56 Å². The number of aromatic amines is 1. The third kappa shape index (κ3) is 3.31. The molecule has 0 atom stereocenters. The Morgan fingerprint density at radius 3 is 2.90 bits per heavy atom. The number of nitrogens with one attached hydrogen (secondary N) is 2. The first kappa shape index (κ1) is 13.5. The van der Waals surface area contributed by atoms with Crippen molar-refractivity contribution in [3.05, 3.63) is 40.3 Å². The molecule has 0 saturated carbocycles. The molecule has 0 bridgehead atoms. The van der Waals surface area contributed by atoms with Crippen LogP contribution in [0.3, 0.4) is 0 Å². The lowest BCUT2D eigenvalue weighted by atomic mass is 10.2. The topological polar surface area (TPSA) is 101 Å². The number of hydrazone groups is 1. The number of hydrogen-bond donors (Lipinski definition) is 2. The maximum atomic E-state index is 11.0. The molecular formula is C12H13N5O3. The van der Waals surface area contributed by atoms with Gasteiger partial charge in [-0.1, -0.05) is 0 Å². The second-order valence-corrected chi connectivity index (χ2v) is 3.66. The normalized spacial score (nSPS) is 10.5. The van der Waals surface area contributed by atoms with Gasteiger partial charge in [-0.15, -0.1) is 10.2 Å². The van der Waals surface area contributed by atoms with Gasteiger partial charge in [0.25, 0.3) is 5.56 Å². The quantitative estimate of drug-likeness (QED) is 0.613. The first-order valence-electron chi connectivity index (χ1n) is 5.66. The molecule has 104 valence electrons. The summed E-state index contributed by atoms with van der Waals surface area (Å²) in [5.74, 6) is 1.45. The fourth-order valence-corrected chi connectivity index (χ4v) is 1.45. The Kier molecular flexibility index (Phi) is 4.28. The highest BCUT2D eigenvalue weighted by atomic mass is 16.5. The highest BCUT2D eigenvalue weighted by Gasteiger charge is 2.02. The zero-order chi connectivity index (χ0) is 14.4. The molecule has 0 unspecified atom stereocenters. The second kappa shape index (κ2) is 6.32. The lowest BCUT2D eigenvalue weighted by molar-refractivity contribution is 0.394. The molecular weight excluding hydrogens is 262 g/mol. The van der Waals surface area contributed by atoms with Gasteiger partial charge >= 0.3 is 0 Å². The average Bonchev–Trinajstić information content (AvgIpc) is 2.47. The van der Waals surface area contributed by atoms with Gasteiger partial charge in [0.1, 0.15) is 17.7 Å².